The molecular weight excluding hydrogens is 433 g/mol. The van der Waals surface area contributed by atoms with Gasteiger partial charge >= 0.3 is 0 Å². The Hall–Kier alpha value is -3.30. The molecule has 1 heterocycles. The second-order valence-corrected chi connectivity index (χ2v) is 9.14. The van der Waals surface area contributed by atoms with Gasteiger partial charge in [-0.3, -0.25) is 4.79 Å². The van der Waals surface area contributed by atoms with E-state index in [-0.39, 0.29) is 23.8 Å². The van der Waals surface area contributed by atoms with Gasteiger partial charge < -0.3 is 10.1 Å². The number of nitrogens with zero attached hydrogens (tertiary/aromatic N) is 2. The van der Waals surface area contributed by atoms with E-state index in [1.165, 1.54) is 25.4 Å². The topological polar surface area (TPSA) is 88.6 Å². The molecule has 1 N–H and O–H groups in total. The summed E-state index contributed by atoms with van der Waals surface area (Å²) in [7, 11) is -2.31. The van der Waals surface area contributed by atoms with E-state index in [4.69, 9.17) is 4.74 Å². The van der Waals surface area contributed by atoms with Crippen LogP contribution >= 0.6 is 0 Å². The second-order valence-electron chi connectivity index (χ2n) is 7.09. The van der Waals surface area contributed by atoms with Crippen molar-refractivity contribution in [2.45, 2.75) is 24.3 Å². The third kappa shape index (κ3) is 6.60. The van der Waals surface area contributed by atoms with Crippen molar-refractivity contribution in [2.75, 3.05) is 18.9 Å². The highest BCUT2D eigenvalue weighted by atomic mass is 32.2. The second kappa shape index (κ2) is 10.8. The number of hydrogen-bond donors (Lipinski definition) is 1. The lowest BCUT2D eigenvalue weighted by Crippen LogP contribution is -2.28. The first kappa shape index (κ1) is 23.4. The van der Waals surface area contributed by atoms with Crippen LogP contribution in [0.3, 0.4) is 0 Å². The first-order chi connectivity index (χ1) is 15.3. The molecule has 0 unspecified atom stereocenters. The molecule has 0 aliphatic carbocycles. The number of benzene rings is 2. The molecule has 0 fully saturated rings. The van der Waals surface area contributed by atoms with Gasteiger partial charge in [0.05, 0.1) is 16.8 Å². The molecular formula is C23H24FN3O4S. The van der Waals surface area contributed by atoms with Gasteiger partial charge in [0.1, 0.15) is 12.4 Å². The summed E-state index contributed by atoms with van der Waals surface area (Å²) >= 11 is 0. The number of anilines is 1. The average molecular weight is 458 g/mol. The minimum Gasteiger partial charge on any atom is -0.473 e. The van der Waals surface area contributed by atoms with Crippen LogP contribution in [0.1, 0.15) is 18.4 Å². The van der Waals surface area contributed by atoms with Crippen molar-refractivity contribution in [1.82, 2.24) is 9.29 Å². The predicted octanol–water partition coefficient (Wildman–Crippen LogP) is 3.84. The lowest BCUT2D eigenvalue weighted by atomic mass is 10.2. The summed E-state index contributed by atoms with van der Waals surface area (Å²) in [6.07, 6.45) is 1.97. The Morgan fingerprint density at radius 3 is 2.44 bits per heavy atom. The summed E-state index contributed by atoms with van der Waals surface area (Å²) in [4.78, 5) is 16.3. The van der Waals surface area contributed by atoms with E-state index in [0.29, 0.717) is 24.6 Å². The summed E-state index contributed by atoms with van der Waals surface area (Å²) in [6, 6.07) is 17.7. The molecule has 0 spiro atoms. The third-order valence-electron chi connectivity index (χ3n) is 4.65. The lowest BCUT2D eigenvalue weighted by Gasteiger charge is -2.17. The van der Waals surface area contributed by atoms with Crippen LogP contribution in [0.5, 0.6) is 5.88 Å². The molecule has 1 amide bonds. The maximum Gasteiger partial charge on any atom is 0.242 e. The Balaban J connectivity index is 1.43. The Kier molecular flexibility index (Phi) is 7.91. The maximum absolute atomic E-state index is 13.0. The van der Waals surface area contributed by atoms with Crippen LogP contribution in [-0.4, -0.2) is 37.2 Å². The van der Waals surface area contributed by atoms with Crippen LogP contribution in [0.25, 0.3) is 0 Å². The number of carbonyl (C=O) groups excluding carboxylic acids is 1. The monoisotopic (exact) mass is 457 g/mol. The fourth-order valence-corrected chi connectivity index (χ4v) is 4.07. The van der Waals surface area contributed by atoms with Gasteiger partial charge in [-0.05, 0) is 42.3 Å². The Morgan fingerprint density at radius 2 is 1.78 bits per heavy atom. The number of nitrogens with one attached hydrogen (secondary N) is 1. The molecule has 0 atom stereocenters. The molecule has 2 aromatic carbocycles. The highest BCUT2D eigenvalue weighted by Crippen LogP contribution is 2.16. The fraction of sp³-hybridized carbons (Fsp3) is 0.217. The number of carbonyl (C=O) groups is 1. The van der Waals surface area contributed by atoms with Crippen LogP contribution in [0.2, 0.25) is 0 Å². The highest BCUT2D eigenvalue weighted by molar-refractivity contribution is 7.89. The minimum atomic E-state index is -3.73. The van der Waals surface area contributed by atoms with Crippen molar-refractivity contribution in [1.29, 1.82) is 0 Å². The van der Waals surface area contributed by atoms with Crippen molar-refractivity contribution < 1.29 is 22.3 Å². The molecule has 9 heteroatoms. The molecule has 168 valence electrons. The van der Waals surface area contributed by atoms with E-state index in [2.05, 4.69) is 10.3 Å². The number of halogens is 1. The standard InChI is InChI=1S/C23H24FN3O4S/c1-27(32(29,30)21-12-9-19(24)10-13-21)15-5-8-22(28)26-20-11-14-23(25-16-20)31-17-18-6-3-2-4-7-18/h2-4,6-7,9-14,16H,5,8,15,17H2,1H3,(H,26,28). The van der Waals surface area contributed by atoms with Crippen LogP contribution < -0.4 is 10.1 Å². The smallest absolute Gasteiger partial charge is 0.242 e. The Morgan fingerprint density at radius 1 is 1.06 bits per heavy atom. The molecule has 32 heavy (non-hydrogen) atoms. The van der Waals surface area contributed by atoms with Crippen molar-refractivity contribution in [3.8, 4) is 5.88 Å². The molecule has 0 radical (unpaired) electrons. The normalized spacial score (nSPS) is 11.3. The Bertz CT molecular complexity index is 1120. The summed E-state index contributed by atoms with van der Waals surface area (Å²) in [5.74, 6) is -0.314. The number of sulfonamides is 1. The van der Waals surface area contributed by atoms with Crippen molar-refractivity contribution in [3.63, 3.8) is 0 Å². The van der Waals surface area contributed by atoms with E-state index in [9.17, 15) is 17.6 Å². The van der Waals surface area contributed by atoms with Crippen LogP contribution in [0.15, 0.2) is 77.8 Å². The summed E-state index contributed by atoms with van der Waals surface area (Å²) in [6.45, 7) is 0.547. The summed E-state index contributed by atoms with van der Waals surface area (Å²) in [5, 5.41) is 2.73. The van der Waals surface area contributed by atoms with Crippen molar-refractivity contribution in [2.24, 2.45) is 0 Å². The Labute approximate surface area is 186 Å². The van der Waals surface area contributed by atoms with Gasteiger partial charge in [0, 0.05) is 26.1 Å². The molecule has 3 rings (SSSR count). The number of ether oxygens (including phenoxy) is 1. The lowest BCUT2D eigenvalue weighted by molar-refractivity contribution is -0.116. The third-order valence-corrected chi connectivity index (χ3v) is 6.52. The first-order valence-corrected chi connectivity index (χ1v) is 11.4. The number of amides is 1. The zero-order chi connectivity index (χ0) is 23.0. The van der Waals surface area contributed by atoms with Gasteiger partial charge in [0.25, 0.3) is 0 Å². The van der Waals surface area contributed by atoms with E-state index >= 15 is 0 Å². The molecule has 0 aliphatic heterocycles. The quantitative estimate of drug-likeness (QED) is 0.500. The van der Waals surface area contributed by atoms with Gasteiger partial charge in [0.2, 0.25) is 21.8 Å². The molecule has 0 aliphatic rings. The molecule has 3 aromatic rings. The molecule has 1 aromatic heterocycles. The number of rotatable bonds is 10. The van der Waals surface area contributed by atoms with Gasteiger partial charge in [0.15, 0.2) is 0 Å². The molecule has 0 bridgehead atoms. The molecule has 7 nitrogen and oxygen atoms in total. The SMILES string of the molecule is CN(CCCC(=O)Nc1ccc(OCc2ccccc2)nc1)S(=O)(=O)c1ccc(F)cc1. The van der Waals surface area contributed by atoms with Crippen molar-refractivity contribution >= 4 is 21.6 Å². The zero-order valence-electron chi connectivity index (χ0n) is 17.6. The molecule has 0 saturated carbocycles. The van der Waals surface area contributed by atoms with E-state index in [1.807, 2.05) is 30.3 Å². The number of hydrogen-bond acceptors (Lipinski definition) is 5. The van der Waals surface area contributed by atoms with Gasteiger partial charge in [-0.2, -0.15) is 0 Å². The zero-order valence-corrected chi connectivity index (χ0v) is 18.4. The minimum absolute atomic E-state index is 0.00602. The number of pyridine rings is 1. The van der Waals surface area contributed by atoms with Crippen LogP contribution in [-0.2, 0) is 21.4 Å². The average Bonchev–Trinajstić information content (AvgIpc) is 2.79. The first-order valence-electron chi connectivity index (χ1n) is 9.99. The fourth-order valence-electron chi connectivity index (χ4n) is 2.86. The van der Waals surface area contributed by atoms with Crippen molar-refractivity contribution in [3.05, 3.63) is 84.3 Å². The summed E-state index contributed by atoms with van der Waals surface area (Å²) in [5.41, 5.74) is 1.55. The predicted molar refractivity (Wildman–Crippen MR) is 119 cm³/mol. The molecule has 0 saturated heterocycles. The van der Waals surface area contributed by atoms with E-state index < -0.39 is 15.8 Å². The number of aromatic nitrogens is 1. The van der Waals surface area contributed by atoms with E-state index in [1.54, 1.807) is 12.1 Å². The van der Waals surface area contributed by atoms with Crippen LogP contribution in [0, 0.1) is 5.82 Å². The summed E-state index contributed by atoms with van der Waals surface area (Å²) < 4.78 is 44.7. The van der Waals surface area contributed by atoms with E-state index in [0.717, 1.165) is 22.0 Å². The van der Waals surface area contributed by atoms with Gasteiger partial charge in [-0.15, -0.1) is 0 Å². The maximum atomic E-state index is 13.0. The highest BCUT2D eigenvalue weighted by Gasteiger charge is 2.20. The van der Waals surface area contributed by atoms with Crippen LogP contribution in [0.4, 0.5) is 10.1 Å². The van der Waals surface area contributed by atoms with Gasteiger partial charge in [-0.1, -0.05) is 30.3 Å². The largest absolute Gasteiger partial charge is 0.473 e. The van der Waals surface area contributed by atoms with Gasteiger partial charge in [-0.25, -0.2) is 22.1 Å².